The Balaban J connectivity index is 1.47. The van der Waals surface area contributed by atoms with Crippen LogP contribution < -0.4 is 4.90 Å². The zero-order chi connectivity index (χ0) is 32.6. The molecule has 4 heteroatoms. The molecule has 2 aromatic rings. The van der Waals surface area contributed by atoms with Gasteiger partial charge in [-0.3, -0.25) is 0 Å². The standard InChI is InChI=1S/C42H50F2N2/c1-7-27-45-35-21-11-9-18-32(35)41(3,4)37(45)25-23-29-15-13-16-30(39(29)31-17-14-20-34(43)40(31)44)24-26-38-42(5,6)33-19-10-12-22-36(33)46(38)28-8-2/h9,11,14,17-26,38H,7-8,10,12-13,15-16,27-28H2,1-6H3. The SMILES string of the molecule is CCCN1C(=CC=C2CCCC(C=CC3N(CCC)C4=CCCC=C4C3(C)C)=C2c2cccc(F)c2F)C(C)(C)c2ccccc21. The Morgan fingerprint density at radius 1 is 0.870 bits per heavy atom. The van der Waals surface area contributed by atoms with Gasteiger partial charge in [0, 0.05) is 46.6 Å². The summed E-state index contributed by atoms with van der Waals surface area (Å²) >= 11 is 0. The molecule has 4 aliphatic rings. The van der Waals surface area contributed by atoms with Gasteiger partial charge in [-0.1, -0.05) is 102 Å². The monoisotopic (exact) mass is 620 g/mol. The van der Waals surface area contributed by atoms with Gasteiger partial charge in [0.25, 0.3) is 0 Å². The molecule has 2 aromatic carbocycles. The second kappa shape index (κ2) is 12.9. The smallest absolute Gasteiger partial charge is 0.166 e. The third-order valence-electron chi connectivity index (χ3n) is 10.6. The molecule has 0 aromatic heterocycles. The van der Waals surface area contributed by atoms with E-state index in [1.165, 1.54) is 34.3 Å². The number of nitrogens with zero attached hydrogens (tertiary/aromatic N) is 2. The van der Waals surface area contributed by atoms with Crippen LogP contribution >= 0.6 is 0 Å². The third-order valence-corrected chi connectivity index (χ3v) is 10.6. The molecular formula is C42H50F2N2. The van der Waals surface area contributed by atoms with Gasteiger partial charge in [0.15, 0.2) is 11.6 Å². The average molecular weight is 621 g/mol. The summed E-state index contributed by atoms with van der Waals surface area (Å²) in [5, 5.41) is 0. The molecule has 2 aliphatic carbocycles. The summed E-state index contributed by atoms with van der Waals surface area (Å²) in [7, 11) is 0. The zero-order valence-corrected chi connectivity index (χ0v) is 28.6. The van der Waals surface area contributed by atoms with Crippen LogP contribution in [0.1, 0.15) is 97.6 Å². The Morgan fingerprint density at radius 2 is 1.63 bits per heavy atom. The van der Waals surface area contributed by atoms with Crippen LogP contribution in [0.3, 0.4) is 0 Å². The molecule has 0 amide bonds. The summed E-state index contributed by atoms with van der Waals surface area (Å²) in [6, 6.07) is 13.5. The van der Waals surface area contributed by atoms with Crippen LogP contribution in [-0.2, 0) is 5.41 Å². The summed E-state index contributed by atoms with van der Waals surface area (Å²) < 4.78 is 30.4. The fraction of sp³-hybridized carbons (Fsp3) is 0.429. The van der Waals surface area contributed by atoms with Crippen LogP contribution in [0.25, 0.3) is 5.57 Å². The first kappa shape index (κ1) is 32.3. The maximum absolute atomic E-state index is 15.7. The molecular weight excluding hydrogens is 570 g/mol. The lowest BCUT2D eigenvalue weighted by atomic mass is 9.77. The highest BCUT2D eigenvalue weighted by Gasteiger charge is 2.45. The number of fused-ring (bicyclic) bond motifs is 2. The van der Waals surface area contributed by atoms with Gasteiger partial charge in [0.05, 0.1) is 6.04 Å². The molecule has 2 aliphatic heterocycles. The van der Waals surface area contributed by atoms with Crippen molar-refractivity contribution in [2.24, 2.45) is 5.41 Å². The second-order valence-corrected chi connectivity index (χ2v) is 14.4. The van der Waals surface area contributed by atoms with Crippen molar-refractivity contribution in [3.05, 3.63) is 130 Å². The van der Waals surface area contributed by atoms with Gasteiger partial charge < -0.3 is 9.80 Å². The number of hydrogen-bond donors (Lipinski definition) is 0. The number of benzene rings is 2. The Morgan fingerprint density at radius 3 is 2.41 bits per heavy atom. The number of hydrogen-bond acceptors (Lipinski definition) is 2. The molecule has 0 N–H and O–H groups in total. The molecule has 1 fully saturated rings. The predicted molar refractivity (Wildman–Crippen MR) is 190 cm³/mol. The van der Waals surface area contributed by atoms with Gasteiger partial charge in [-0.2, -0.15) is 0 Å². The molecule has 0 bridgehead atoms. The van der Waals surface area contributed by atoms with E-state index in [1.54, 1.807) is 12.1 Å². The van der Waals surface area contributed by atoms with E-state index < -0.39 is 11.6 Å². The van der Waals surface area contributed by atoms with Crippen molar-refractivity contribution < 1.29 is 8.78 Å². The van der Waals surface area contributed by atoms with Crippen molar-refractivity contribution in [1.29, 1.82) is 0 Å². The molecule has 1 atom stereocenters. The first-order valence-electron chi connectivity index (χ1n) is 17.4. The molecule has 0 saturated carbocycles. The highest BCUT2D eigenvalue weighted by Crippen LogP contribution is 2.51. The van der Waals surface area contributed by atoms with Gasteiger partial charge in [0.2, 0.25) is 0 Å². The fourth-order valence-corrected chi connectivity index (χ4v) is 8.36. The molecule has 46 heavy (non-hydrogen) atoms. The van der Waals surface area contributed by atoms with Crippen LogP contribution in [0.4, 0.5) is 14.5 Å². The third kappa shape index (κ3) is 5.52. The first-order chi connectivity index (χ1) is 22.1. The van der Waals surface area contributed by atoms with Crippen LogP contribution in [0.5, 0.6) is 0 Å². The van der Waals surface area contributed by atoms with E-state index in [0.717, 1.165) is 74.8 Å². The van der Waals surface area contributed by atoms with E-state index in [2.05, 4.69) is 112 Å². The maximum Gasteiger partial charge on any atom is 0.166 e. The van der Waals surface area contributed by atoms with Crippen molar-refractivity contribution in [3.63, 3.8) is 0 Å². The van der Waals surface area contributed by atoms with Crippen molar-refractivity contribution in [2.75, 3.05) is 18.0 Å². The lowest BCUT2D eigenvalue weighted by molar-refractivity contribution is 0.250. The predicted octanol–water partition coefficient (Wildman–Crippen LogP) is 11.2. The Labute approximate surface area is 275 Å². The highest BCUT2D eigenvalue weighted by atomic mass is 19.2. The van der Waals surface area contributed by atoms with Crippen molar-refractivity contribution in [3.8, 4) is 0 Å². The quantitative estimate of drug-likeness (QED) is 0.290. The molecule has 0 radical (unpaired) electrons. The number of para-hydroxylation sites is 1. The fourth-order valence-electron chi connectivity index (χ4n) is 8.36. The molecule has 2 heterocycles. The minimum absolute atomic E-state index is 0.0354. The summed E-state index contributed by atoms with van der Waals surface area (Å²) in [4.78, 5) is 5.01. The Kier molecular flexibility index (Phi) is 9.02. The largest absolute Gasteiger partial charge is 0.364 e. The van der Waals surface area contributed by atoms with Gasteiger partial charge in [-0.15, -0.1) is 0 Å². The van der Waals surface area contributed by atoms with Crippen LogP contribution in [0, 0.1) is 17.0 Å². The molecule has 242 valence electrons. The van der Waals surface area contributed by atoms with Crippen molar-refractivity contribution >= 4 is 11.3 Å². The minimum Gasteiger partial charge on any atom is -0.364 e. The van der Waals surface area contributed by atoms with E-state index in [1.807, 2.05) is 0 Å². The Hall–Kier alpha value is -3.66. The summed E-state index contributed by atoms with van der Waals surface area (Å²) in [6.07, 6.45) is 20.8. The Bertz CT molecular complexity index is 1680. The van der Waals surface area contributed by atoms with E-state index in [0.29, 0.717) is 5.56 Å². The normalized spacial score (nSPS) is 23.8. The molecule has 6 rings (SSSR count). The van der Waals surface area contributed by atoms with Crippen LogP contribution in [0.15, 0.2) is 107 Å². The van der Waals surface area contributed by atoms with Crippen molar-refractivity contribution in [2.45, 2.75) is 97.9 Å². The number of allylic oxidation sites excluding steroid dienone is 10. The molecule has 1 unspecified atom stereocenters. The number of halogens is 2. The summed E-state index contributed by atoms with van der Waals surface area (Å²) in [6.45, 7) is 15.7. The zero-order valence-electron chi connectivity index (χ0n) is 28.6. The van der Waals surface area contributed by atoms with Crippen LogP contribution in [0.2, 0.25) is 0 Å². The average Bonchev–Trinajstić information content (AvgIpc) is 3.39. The maximum atomic E-state index is 15.7. The lowest BCUT2D eigenvalue weighted by Gasteiger charge is -2.31. The van der Waals surface area contributed by atoms with E-state index >= 15 is 4.39 Å². The second-order valence-electron chi connectivity index (χ2n) is 14.4. The first-order valence-corrected chi connectivity index (χ1v) is 17.4. The van der Waals surface area contributed by atoms with Gasteiger partial charge in [0.1, 0.15) is 0 Å². The number of anilines is 1. The van der Waals surface area contributed by atoms with E-state index in [-0.39, 0.29) is 16.9 Å². The highest BCUT2D eigenvalue weighted by molar-refractivity contribution is 5.85. The van der Waals surface area contributed by atoms with Gasteiger partial charge in [-0.25, -0.2) is 8.78 Å². The van der Waals surface area contributed by atoms with Gasteiger partial charge >= 0.3 is 0 Å². The van der Waals surface area contributed by atoms with Gasteiger partial charge in [-0.05, 0) is 91.0 Å². The lowest BCUT2D eigenvalue weighted by Crippen LogP contribution is -2.35. The topological polar surface area (TPSA) is 6.48 Å². The summed E-state index contributed by atoms with van der Waals surface area (Å²) in [5.74, 6) is -1.56. The molecule has 1 saturated heterocycles. The van der Waals surface area contributed by atoms with E-state index in [4.69, 9.17) is 0 Å². The van der Waals surface area contributed by atoms with Crippen molar-refractivity contribution in [1.82, 2.24) is 4.90 Å². The molecule has 0 spiro atoms. The van der Waals surface area contributed by atoms with E-state index in [9.17, 15) is 4.39 Å². The summed E-state index contributed by atoms with van der Waals surface area (Å²) in [5.41, 5.74) is 9.83. The minimum atomic E-state index is -0.799. The van der Waals surface area contributed by atoms with Crippen LogP contribution in [-0.4, -0.2) is 24.0 Å². The number of likely N-dealkylation sites (tertiary alicyclic amines) is 1. The molecule has 2 nitrogen and oxygen atoms in total. The number of rotatable bonds is 8.